The maximum atomic E-state index is 4.71. The lowest BCUT2D eigenvalue weighted by molar-refractivity contribution is 1.33. The lowest BCUT2D eigenvalue weighted by atomic mass is 10.0. The average molecular weight is 343 g/mol. The molecule has 2 heterocycles. The Bertz CT molecular complexity index is 999. The first-order valence-electron chi connectivity index (χ1n) is 8.55. The van der Waals surface area contributed by atoms with Gasteiger partial charge in [0.1, 0.15) is 0 Å². The molecule has 2 heteroatoms. The molecule has 0 unspecified atom stereocenters. The van der Waals surface area contributed by atoms with E-state index in [1.165, 1.54) is 48.3 Å². The van der Waals surface area contributed by atoms with Gasteiger partial charge in [-0.25, -0.2) is 0 Å². The third-order valence-corrected chi connectivity index (χ3v) is 5.57. The molecule has 0 radical (unpaired) electrons. The lowest BCUT2D eigenvalue weighted by Crippen LogP contribution is -1.85. The van der Waals surface area contributed by atoms with E-state index in [4.69, 9.17) is 4.98 Å². The molecule has 4 aromatic rings. The highest BCUT2D eigenvalue weighted by Crippen LogP contribution is 2.35. The third-order valence-electron chi connectivity index (χ3n) is 4.43. The van der Waals surface area contributed by atoms with Crippen molar-refractivity contribution in [3.05, 3.63) is 77.0 Å². The standard InChI is InChI=1S/C23H21NS/c1-14-5-15(2)8-18(7-14)21-12-23-20(13-24-21)11-22(25-23)19-9-16(3)6-17(4)10-19/h5-13H,1-4H3. The molecule has 4 rings (SSSR count). The highest BCUT2D eigenvalue weighted by Gasteiger charge is 2.08. The van der Waals surface area contributed by atoms with Crippen molar-refractivity contribution in [2.45, 2.75) is 27.7 Å². The van der Waals surface area contributed by atoms with Crippen molar-refractivity contribution >= 4 is 21.4 Å². The molecule has 0 amide bonds. The maximum Gasteiger partial charge on any atom is 0.0716 e. The van der Waals surface area contributed by atoms with Crippen LogP contribution in [0.3, 0.4) is 0 Å². The Morgan fingerprint density at radius 2 is 1.20 bits per heavy atom. The van der Waals surface area contributed by atoms with E-state index in [1.807, 2.05) is 17.5 Å². The average Bonchev–Trinajstić information content (AvgIpc) is 2.96. The zero-order valence-corrected chi connectivity index (χ0v) is 15.9. The van der Waals surface area contributed by atoms with Crippen LogP contribution in [-0.2, 0) is 0 Å². The van der Waals surface area contributed by atoms with Crippen molar-refractivity contribution in [3.63, 3.8) is 0 Å². The van der Waals surface area contributed by atoms with Crippen LogP contribution in [0.5, 0.6) is 0 Å². The molecule has 1 nitrogen and oxygen atoms in total. The van der Waals surface area contributed by atoms with Crippen molar-refractivity contribution in [1.29, 1.82) is 0 Å². The van der Waals surface area contributed by atoms with Crippen LogP contribution in [0.4, 0.5) is 0 Å². The summed E-state index contributed by atoms with van der Waals surface area (Å²) in [7, 11) is 0. The quantitative estimate of drug-likeness (QED) is 0.387. The SMILES string of the molecule is Cc1cc(C)cc(-c2cc3sc(-c4cc(C)cc(C)c4)cc3cn2)c1. The minimum atomic E-state index is 1.05. The van der Waals surface area contributed by atoms with Gasteiger partial charge in [-0.1, -0.05) is 46.5 Å². The molecule has 0 N–H and O–H groups in total. The first kappa shape index (κ1) is 16.0. The summed E-state index contributed by atoms with van der Waals surface area (Å²) in [6.07, 6.45) is 2.00. The summed E-state index contributed by atoms with van der Waals surface area (Å²) in [5.41, 5.74) is 8.71. The van der Waals surface area contributed by atoms with Crippen molar-refractivity contribution < 1.29 is 0 Å². The summed E-state index contributed by atoms with van der Waals surface area (Å²) >= 11 is 1.85. The minimum Gasteiger partial charge on any atom is -0.256 e. The van der Waals surface area contributed by atoms with E-state index >= 15 is 0 Å². The molecule has 25 heavy (non-hydrogen) atoms. The Morgan fingerprint density at radius 1 is 0.640 bits per heavy atom. The van der Waals surface area contributed by atoms with Crippen LogP contribution >= 0.6 is 11.3 Å². The second kappa shape index (κ2) is 6.12. The molecule has 0 aliphatic rings. The molecule has 0 aliphatic carbocycles. The Labute approximate surface area is 153 Å². The van der Waals surface area contributed by atoms with Crippen LogP contribution in [0.25, 0.3) is 31.8 Å². The van der Waals surface area contributed by atoms with E-state index in [-0.39, 0.29) is 0 Å². The van der Waals surface area contributed by atoms with E-state index in [1.54, 1.807) is 0 Å². The molecule has 0 bridgehead atoms. The molecule has 0 spiro atoms. The zero-order chi connectivity index (χ0) is 17.6. The van der Waals surface area contributed by atoms with Crippen LogP contribution in [0.2, 0.25) is 0 Å². The molecule has 0 aliphatic heterocycles. The van der Waals surface area contributed by atoms with Crippen LogP contribution < -0.4 is 0 Å². The summed E-state index contributed by atoms with van der Waals surface area (Å²) in [5, 5.41) is 1.22. The van der Waals surface area contributed by atoms with Gasteiger partial charge >= 0.3 is 0 Å². The van der Waals surface area contributed by atoms with Crippen LogP contribution in [-0.4, -0.2) is 4.98 Å². The van der Waals surface area contributed by atoms with Gasteiger partial charge in [-0.05, 0) is 57.5 Å². The van der Waals surface area contributed by atoms with E-state index in [9.17, 15) is 0 Å². The van der Waals surface area contributed by atoms with Crippen molar-refractivity contribution in [3.8, 4) is 21.7 Å². The number of hydrogen-bond donors (Lipinski definition) is 0. The predicted molar refractivity (Wildman–Crippen MR) is 109 cm³/mol. The number of rotatable bonds is 2. The highest BCUT2D eigenvalue weighted by molar-refractivity contribution is 7.22. The van der Waals surface area contributed by atoms with Gasteiger partial charge < -0.3 is 0 Å². The van der Waals surface area contributed by atoms with E-state index in [0.29, 0.717) is 0 Å². The first-order valence-corrected chi connectivity index (χ1v) is 9.36. The largest absolute Gasteiger partial charge is 0.256 e. The Morgan fingerprint density at radius 3 is 1.80 bits per heavy atom. The second-order valence-corrected chi connectivity index (χ2v) is 8.05. The number of aromatic nitrogens is 1. The van der Waals surface area contributed by atoms with Crippen molar-refractivity contribution in [1.82, 2.24) is 4.98 Å². The first-order chi connectivity index (χ1) is 12.0. The number of hydrogen-bond acceptors (Lipinski definition) is 2. The lowest BCUT2D eigenvalue weighted by Gasteiger charge is -2.04. The van der Waals surface area contributed by atoms with Gasteiger partial charge in [0.25, 0.3) is 0 Å². The fraction of sp³-hybridized carbons (Fsp3) is 0.174. The summed E-state index contributed by atoms with van der Waals surface area (Å²) < 4.78 is 1.29. The summed E-state index contributed by atoms with van der Waals surface area (Å²) in [6.45, 7) is 8.59. The van der Waals surface area contributed by atoms with Crippen LogP contribution in [0, 0.1) is 27.7 Å². The fourth-order valence-electron chi connectivity index (χ4n) is 3.47. The van der Waals surface area contributed by atoms with Gasteiger partial charge in [-0.3, -0.25) is 4.98 Å². The van der Waals surface area contributed by atoms with Gasteiger partial charge in [-0.15, -0.1) is 11.3 Å². The number of thiophene rings is 1. The fourth-order valence-corrected chi connectivity index (χ4v) is 4.53. The van der Waals surface area contributed by atoms with Crippen LogP contribution in [0.15, 0.2) is 54.7 Å². The minimum absolute atomic E-state index is 1.05. The smallest absolute Gasteiger partial charge is 0.0716 e. The Kier molecular flexibility index (Phi) is 3.93. The third kappa shape index (κ3) is 3.22. The molecular formula is C23H21NS. The number of nitrogens with zero attached hydrogens (tertiary/aromatic N) is 1. The summed E-state index contributed by atoms with van der Waals surface area (Å²) in [4.78, 5) is 6.01. The van der Waals surface area contributed by atoms with Crippen molar-refractivity contribution in [2.24, 2.45) is 0 Å². The summed E-state index contributed by atoms with van der Waals surface area (Å²) in [5.74, 6) is 0. The number of aryl methyl sites for hydroxylation is 4. The highest BCUT2D eigenvalue weighted by atomic mass is 32.1. The van der Waals surface area contributed by atoms with Gasteiger partial charge in [0, 0.05) is 26.7 Å². The maximum absolute atomic E-state index is 4.71. The topological polar surface area (TPSA) is 12.9 Å². The molecule has 2 aromatic carbocycles. The molecule has 0 saturated heterocycles. The Hall–Kier alpha value is -2.45. The predicted octanol–water partition coefficient (Wildman–Crippen LogP) is 6.86. The van der Waals surface area contributed by atoms with E-state index in [2.05, 4.69) is 76.2 Å². The Balaban J connectivity index is 1.81. The number of pyridine rings is 1. The molecule has 2 aromatic heterocycles. The molecule has 0 saturated carbocycles. The van der Waals surface area contributed by atoms with Crippen LogP contribution in [0.1, 0.15) is 22.3 Å². The normalized spacial score (nSPS) is 11.2. The van der Waals surface area contributed by atoms with Crippen molar-refractivity contribution in [2.75, 3.05) is 0 Å². The molecular weight excluding hydrogens is 322 g/mol. The van der Waals surface area contributed by atoms with Gasteiger partial charge in [0.2, 0.25) is 0 Å². The monoisotopic (exact) mass is 343 g/mol. The summed E-state index contributed by atoms with van der Waals surface area (Å²) in [6, 6.07) is 17.8. The number of benzene rings is 2. The zero-order valence-electron chi connectivity index (χ0n) is 15.1. The van der Waals surface area contributed by atoms with E-state index < -0.39 is 0 Å². The van der Waals surface area contributed by atoms with Gasteiger partial charge in [0.15, 0.2) is 0 Å². The van der Waals surface area contributed by atoms with Gasteiger partial charge in [0.05, 0.1) is 5.69 Å². The number of fused-ring (bicyclic) bond motifs is 1. The molecule has 124 valence electrons. The van der Waals surface area contributed by atoms with Gasteiger partial charge in [-0.2, -0.15) is 0 Å². The second-order valence-electron chi connectivity index (χ2n) is 6.97. The molecule has 0 atom stereocenters. The molecule has 0 fully saturated rings. The van der Waals surface area contributed by atoms with E-state index in [0.717, 1.165) is 5.69 Å².